The van der Waals surface area contributed by atoms with Crippen LogP contribution in [0.2, 0.25) is 0 Å². The Bertz CT molecular complexity index is 907. The molecule has 2 atom stereocenters. The van der Waals surface area contributed by atoms with Crippen LogP contribution in [-0.2, 0) is 5.41 Å². The van der Waals surface area contributed by atoms with Crippen LogP contribution in [0.5, 0.6) is 0 Å². The number of hydrogen-bond acceptors (Lipinski definition) is 2. The quantitative estimate of drug-likeness (QED) is 0.601. The average Bonchev–Trinajstić information content (AvgIpc) is 3.22. The van der Waals surface area contributed by atoms with E-state index in [1.165, 1.54) is 23.3 Å². The molecule has 1 heterocycles. The molecule has 4 N–H and O–H groups in total. The maximum absolute atomic E-state index is 14.1. The van der Waals surface area contributed by atoms with Crippen LogP contribution in [-0.4, -0.2) is 19.6 Å². The van der Waals surface area contributed by atoms with Crippen molar-refractivity contribution in [2.75, 3.05) is 25.1 Å². The monoisotopic (exact) mass is 394 g/mol. The number of quaternary nitrogens is 1. The van der Waals surface area contributed by atoms with Gasteiger partial charge in [-0.3, -0.25) is 0 Å². The lowest BCUT2D eigenvalue weighted by Crippen LogP contribution is -3.13. The Hall–Kier alpha value is -2.76. The third-order valence-corrected chi connectivity index (χ3v) is 6.13. The predicted octanol–water partition coefficient (Wildman–Crippen LogP) is 3.14. The van der Waals surface area contributed by atoms with Crippen molar-refractivity contribution in [3.63, 3.8) is 0 Å². The molecule has 1 aliphatic heterocycles. The van der Waals surface area contributed by atoms with Crippen molar-refractivity contribution in [2.45, 2.75) is 11.8 Å². The zero-order valence-corrected chi connectivity index (χ0v) is 16.2. The van der Waals surface area contributed by atoms with Gasteiger partial charge in [-0.1, -0.05) is 60.7 Å². The van der Waals surface area contributed by atoms with Gasteiger partial charge in [0.05, 0.1) is 6.54 Å². The number of rotatable bonds is 6. The zero-order chi connectivity index (χ0) is 20.3. The van der Waals surface area contributed by atoms with Gasteiger partial charge in [0.2, 0.25) is 0 Å². The number of halogens is 2. The lowest BCUT2D eigenvalue weighted by atomic mass is 9.65. The molecule has 0 spiro atoms. The second-order valence-corrected chi connectivity index (χ2v) is 7.70. The van der Waals surface area contributed by atoms with Gasteiger partial charge in [0, 0.05) is 30.4 Å². The van der Waals surface area contributed by atoms with Crippen LogP contribution in [0.15, 0.2) is 78.9 Å². The molecule has 0 bridgehead atoms. The highest BCUT2D eigenvalue weighted by atomic mass is 19.1. The van der Waals surface area contributed by atoms with Crippen molar-refractivity contribution >= 4 is 5.69 Å². The standard InChI is InChI=1S/C24H25F2N3/c25-21-11-12-23(22(26)15-21)28-29-14-13-20(16-29)24(17-27,18-7-3-1-4-8-18)19-9-5-2-6-10-19/h1-12,15,20,28H,13-14,16-17,27H2/p+1. The van der Waals surface area contributed by atoms with E-state index in [0.29, 0.717) is 12.2 Å². The van der Waals surface area contributed by atoms with Gasteiger partial charge in [0.15, 0.2) is 5.82 Å². The van der Waals surface area contributed by atoms with Crippen LogP contribution in [0.4, 0.5) is 14.5 Å². The van der Waals surface area contributed by atoms with Crippen LogP contribution in [0.3, 0.4) is 0 Å². The number of hydrogen-bond donors (Lipinski definition) is 3. The van der Waals surface area contributed by atoms with Crippen molar-refractivity contribution in [2.24, 2.45) is 11.7 Å². The molecule has 29 heavy (non-hydrogen) atoms. The first kappa shape index (κ1) is 19.6. The summed E-state index contributed by atoms with van der Waals surface area (Å²) in [7, 11) is 0. The Kier molecular flexibility index (Phi) is 5.60. The first-order valence-electron chi connectivity index (χ1n) is 10.0. The Morgan fingerprint density at radius 3 is 2.10 bits per heavy atom. The van der Waals surface area contributed by atoms with Gasteiger partial charge in [-0.05, 0) is 23.3 Å². The molecule has 3 aromatic carbocycles. The first-order valence-corrected chi connectivity index (χ1v) is 10.0. The zero-order valence-electron chi connectivity index (χ0n) is 16.2. The van der Waals surface area contributed by atoms with Crippen LogP contribution in [0.25, 0.3) is 0 Å². The minimum Gasteiger partial charge on any atom is -0.329 e. The van der Waals surface area contributed by atoms with Gasteiger partial charge in [0.25, 0.3) is 0 Å². The molecular formula is C24H26F2N3+. The lowest BCUT2D eigenvalue weighted by molar-refractivity contribution is -0.866. The van der Waals surface area contributed by atoms with Crippen molar-refractivity contribution in [1.29, 1.82) is 0 Å². The van der Waals surface area contributed by atoms with E-state index in [9.17, 15) is 8.78 Å². The Morgan fingerprint density at radius 1 is 0.931 bits per heavy atom. The van der Waals surface area contributed by atoms with Crippen LogP contribution in [0, 0.1) is 17.6 Å². The van der Waals surface area contributed by atoms with E-state index in [0.717, 1.165) is 30.6 Å². The molecule has 0 aliphatic carbocycles. The molecule has 150 valence electrons. The van der Waals surface area contributed by atoms with Gasteiger partial charge in [-0.2, -0.15) is 0 Å². The second kappa shape index (κ2) is 8.31. The largest absolute Gasteiger partial charge is 0.329 e. The van der Waals surface area contributed by atoms with Crippen molar-refractivity contribution in [1.82, 2.24) is 0 Å². The average molecular weight is 394 g/mol. The van der Waals surface area contributed by atoms with Crippen molar-refractivity contribution in [3.05, 3.63) is 102 Å². The summed E-state index contributed by atoms with van der Waals surface area (Å²) < 4.78 is 27.3. The number of nitrogens with two attached hydrogens (primary N) is 1. The highest BCUT2D eigenvalue weighted by Crippen LogP contribution is 2.40. The van der Waals surface area contributed by atoms with Gasteiger partial charge < -0.3 is 5.73 Å². The second-order valence-electron chi connectivity index (χ2n) is 7.70. The molecule has 1 fully saturated rings. The Labute approximate surface area is 170 Å². The summed E-state index contributed by atoms with van der Waals surface area (Å²) in [6.45, 7) is 2.12. The third-order valence-electron chi connectivity index (χ3n) is 6.13. The van der Waals surface area contributed by atoms with E-state index in [-0.39, 0.29) is 11.3 Å². The van der Waals surface area contributed by atoms with Crippen LogP contribution < -0.4 is 16.2 Å². The maximum Gasteiger partial charge on any atom is 0.154 e. The maximum atomic E-state index is 14.1. The molecule has 0 radical (unpaired) electrons. The van der Waals surface area contributed by atoms with Crippen LogP contribution in [0.1, 0.15) is 17.5 Å². The van der Waals surface area contributed by atoms with E-state index in [2.05, 4.69) is 54.0 Å². The van der Waals surface area contributed by atoms with Gasteiger partial charge in [0.1, 0.15) is 18.0 Å². The molecule has 1 aliphatic rings. The van der Waals surface area contributed by atoms with E-state index in [1.54, 1.807) is 0 Å². The van der Waals surface area contributed by atoms with Crippen molar-refractivity contribution in [3.8, 4) is 0 Å². The summed E-state index contributed by atoms with van der Waals surface area (Å²) in [5, 5.41) is 1.06. The molecule has 2 unspecified atom stereocenters. The fourth-order valence-corrected chi connectivity index (χ4v) is 4.68. The topological polar surface area (TPSA) is 42.5 Å². The highest BCUT2D eigenvalue weighted by molar-refractivity contribution is 5.43. The van der Waals surface area contributed by atoms with Crippen molar-refractivity contribution < 1.29 is 13.8 Å². The SMILES string of the molecule is NCC(c1ccccc1)(c1ccccc1)C1CC[NH+](Nc2ccc(F)cc2F)C1. The van der Waals surface area contributed by atoms with E-state index in [4.69, 9.17) is 5.73 Å². The fourth-order valence-electron chi connectivity index (χ4n) is 4.68. The normalized spacial score (nSPS) is 19.3. The van der Waals surface area contributed by atoms with Gasteiger partial charge >= 0.3 is 0 Å². The smallest absolute Gasteiger partial charge is 0.154 e. The summed E-state index contributed by atoms with van der Waals surface area (Å²) in [5.74, 6) is -0.863. The molecule has 4 rings (SSSR count). The molecule has 3 aromatic rings. The molecule has 0 aromatic heterocycles. The van der Waals surface area contributed by atoms with Crippen LogP contribution >= 0.6 is 0 Å². The van der Waals surface area contributed by atoms with E-state index in [1.807, 2.05) is 12.1 Å². The number of benzene rings is 3. The minimum atomic E-state index is -0.572. The summed E-state index contributed by atoms with van der Waals surface area (Å²) in [4.78, 5) is 0. The van der Waals surface area contributed by atoms with E-state index < -0.39 is 11.6 Å². The fraction of sp³-hybridized carbons (Fsp3) is 0.250. The van der Waals surface area contributed by atoms with Gasteiger partial charge in [-0.25, -0.2) is 19.2 Å². The molecule has 0 saturated carbocycles. The minimum absolute atomic E-state index is 0.281. The highest BCUT2D eigenvalue weighted by Gasteiger charge is 2.46. The Morgan fingerprint density at radius 2 is 1.55 bits per heavy atom. The molecular weight excluding hydrogens is 368 g/mol. The summed E-state index contributed by atoms with van der Waals surface area (Å²) in [6, 6.07) is 24.4. The molecule has 0 amide bonds. The molecule has 3 nitrogen and oxygen atoms in total. The summed E-state index contributed by atoms with van der Waals surface area (Å²) in [6.07, 6.45) is 0.951. The summed E-state index contributed by atoms with van der Waals surface area (Å²) in [5.41, 5.74) is 12.1. The lowest BCUT2D eigenvalue weighted by Gasteiger charge is -2.38. The van der Waals surface area contributed by atoms with E-state index >= 15 is 0 Å². The third kappa shape index (κ3) is 3.76. The summed E-state index contributed by atoms with van der Waals surface area (Å²) >= 11 is 0. The molecule has 5 heteroatoms. The number of nitrogens with one attached hydrogen (secondary N) is 2. The first-order chi connectivity index (χ1) is 14.1. The Balaban J connectivity index is 1.64. The molecule has 1 saturated heterocycles. The predicted molar refractivity (Wildman–Crippen MR) is 112 cm³/mol. The number of anilines is 1. The van der Waals surface area contributed by atoms with Gasteiger partial charge in [-0.15, -0.1) is 0 Å².